The van der Waals surface area contributed by atoms with Crippen molar-refractivity contribution in [1.29, 1.82) is 0 Å². The van der Waals surface area contributed by atoms with Gasteiger partial charge in [0, 0.05) is 17.3 Å². The van der Waals surface area contributed by atoms with E-state index in [2.05, 4.69) is 41.6 Å². The molecule has 1 heterocycles. The summed E-state index contributed by atoms with van der Waals surface area (Å²) in [5.74, 6) is 6.12. The average molecular weight is 249 g/mol. The van der Waals surface area contributed by atoms with E-state index < -0.39 is 0 Å². The monoisotopic (exact) mass is 249 g/mol. The number of aryl methyl sites for hydroxylation is 1. The SMILES string of the molecule is CC#CCCC(CCCc1cccs1)NCC. The van der Waals surface area contributed by atoms with Crippen LogP contribution in [0.3, 0.4) is 0 Å². The molecule has 0 saturated heterocycles. The Morgan fingerprint density at radius 2 is 2.29 bits per heavy atom. The zero-order valence-electron chi connectivity index (χ0n) is 11.0. The van der Waals surface area contributed by atoms with E-state index in [0.717, 1.165) is 13.0 Å². The van der Waals surface area contributed by atoms with Crippen molar-refractivity contribution in [3.05, 3.63) is 22.4 Å². The molecular formula is C15H23NS. The van der Waals surface area contributed by atoms with Crippen molar-refractivity contribution < 1.29 is 0 Å². The van der Waals surface area contributed by atoms with Crippen molar-refractivity contribution in [2.75, 3.05) is 6.54 Å². The van der Waals surface area contributed by atoms with E-state index in [0.29, 0.717) is 6.04 Å². The molecule has 0 radical (unpaired) electrons. The van der Waals surface area contributed by atoms with E-state index in [1.54, 1.807) is 0 Å². The van der Waals surface area contributed by atoms with Crippen LogP contribution in [0.2, 0.25) is 0 Å². The first-order valence-electron chi connectivity index (χ1n) is 6.52. The number of rotatable bonds is 8. The summed E-state index contributed by atoms with van der Waals surface area (Å²) in [4.78, 5) is 1.51. The van der Waals surface area contributed by atoms with Gasteiger partial charge in [0.25, 0.3) is 0 Å². The van der Waals surface area contributed by atoms with Gasteiger partial charge in [-0.15, -0.1) is 23.2 Å². The Morgan fingerprint density at radius 1 is 1.41 bits per heavy atom. The molecule has 0 bridgehead atoms. The molecular weight excluding hydrogens is 226 g/mol. The highest BCUT2D eigenvalue weighted by Gasteiger charge is 2.06. The molecule has 0 saturated carbocycles. The molecule has 0 aliphatic rings. The van der Waals surface area contributed by atoms with Gasteiger partial charge in [-0.05, 0) is 50.6 Å². The molecule has 0 aliphatic carbocycles. The van der Waals surface area contributed by atoms with Gasteiger partial charge in [-0.3, -0.25) is 0 Å². The summed E-state index contributed by atoms with van der Waals surface area (Å²) in [6.45, 7) is 5.15. The molecule has 1 unspecified atom stereocenters. The third-order valence-electron chi connectivity index (χ3n) is 2.84. The van der Waals surface area contributed by atoms with Gasteiger partial charge in [-0.2, -0.15) is 0 Å². The van der Waals surface area contributed by atoms with Crippen LogP contribution in [-0.4, -0.2) is 12.6 Å². The van der Waals surface area contributed by atoms with Crippen molar-refractivity contribution >= 4 is 11.3 Å². The molecule has 1 nitrogen and oxygen atoms in total. The minimum Gasteiger partial charge on any atom is -0.314 e. The Kier molecular flexibility index (Phi) is 7.79. The maximum Gasteiger partial charge on any atom is 0.0103 e. The molecule has 1 rings (SSSR count). The molecule has 0 spiro atoms. The minimum atomic E-state index is 0.640. The maximum absolute atomic E-state index is 3.56. The van der Waals surface area contributed by atoms with Crippen molar-refractivity contribution in [3.8, 4) is 11.8 Å². The molecule has 0 fully saturated rings. The molecule has 1 N–H and O–H groups in total. The molecule has 0 aliphatic heterocycles. The Bertz CT molecular complexity index is 332. The van der Waals surface area contributed by atoms with Gasteiger partial charge in [-0.25, -0.2) is 0 Å². The van der Waals surface area contributed by atoms with Gasteiger partial charge in [0.15, 0.2) is 0 Å². The summed E-state index contributed by atoms with van der Waals surface area (Å²) in [6, 6.07) is 5.01. The molecule has 2 heteroatoms. The number of hydrogen-bond donors (Lipinski definition) is 1. The van der Waals surface area contributed by atoms with Gasteiger partial charge in [0.05, 0.1) is 0 Å². The Balaban J connectivity index is 2.20. The largest absolute Gasteiger partial charge is 0.314 e. The number of thiophene rings is 1. The summed E-state index contributed by atoms with van der Waals surface area (Å²) in [6.07, 6.45) is 5.96. The first kappa shape index (κ1) is 14.3. The van der Waals surface area contributed by atoms with E-state index in [1.807, 2.05) is 18.3 Å². The molecule has 1 aromatic rings. The predicted octanol–water partition coefficient (Wildman–Crippen LogP) is 3.85. The molecule has 0 aromatic carbocycles. The second-order valence-corrected chi connectivity index (χ2v) is 5.22. The Labute approximate surface area is 110 Å². The number of nitrogens with one attached hydrogen (secondary N) is 1. The lowest BCUT2D eigenvalue weighted by molar-refractivity contribution is 0.457. The normalized spacial score (nSPS) is 11.9. The highest BCUT2D eigenvalue weighted by molar-refractivity contribution is 7.09. The highest BCUT2D eigenvalue weighted by atomic mass is 32.1. The molecule has 0 amide bonds. The van der Waals surface area contributed by atoms with Crippen LogP contribution in [0, 0.1) is 11.8 Å². The molecule has 1 atom stereocenters. The summed E-state index contributed by atoms with van der Waals surface area (Å²) in [5.41, 5.74) is 0. The van der Waals surface area contributed by atoms with Gasteiger partial charge < -0.3 is 5.32 Å². The lowest BCUT2D eigenvalue weighted by Crippen LogP contribution is -2.28. The average Bonchev–Trinajstić information content (AvgIpc) is 2.82. The minimum absolute atomic E-state index is 0.640. The second-order valence-electron chi connectivity index (χ2n) is 4.19. The fraction of sp³-hybridized carbons (Fsp3) is 0.600. The smallest absolute Gasteiger partial charge is 0.0103 e. The highest BCUT2D eigenvalue weighted by Crippen LogP contribution is 2.14. The third kappa shape index (κ3) is 6.51. The molecule has 94 valence electrons. The third-order valence-corrected chi connectivity index (χ3v) is 3.78. The molecule has 17 heavy (non-hydrogen) atoms. The van der Waals surface area contributed by atoms with Crippen LogP contribution in [0.15, 0.2) is 17.5 Å². The van der Waals surface area contributed by atoms with E-state index in [4.69, 9.17) is 0 Å². The van der Waals surface area contributed by atoms with Crippen LogP contribution in [-0.2, 0) is 6.42 Å². The fourth-order valence-electron chi connectivity index (χ4n) is 1.99. The summed E-state index contributed by atoms with van der Waals surface area (Å²) >= 11 is 1.87. The van der Waals surface area contributed by atoms with Gasteiger partial charge in [0.1, 0.15) is 0 Å². The summed E-state index contributed by atoms with van der Waals surface area (Å²) in [7, 11) is 0. The van der Waals surface area contributed by atoms with Crippen LogP contribution in [0.5, 0.6) is 0 Å². The predicted molar refractivity (Wildman–Crippen MR) is 77.4 cm³/mol. The van der Waals surface area contributed by atoms with Crippen molar-refractivity contribution in [2.24, 2.45) is 0 Å². The standard InChI is InChI=1S/C15H23NS/c1-3-5-6-9-14(16-4-2)10-7-11-15-12-8-13-17-15/h8,12-14,16H,4,6-7,9-11H2,1-2H3. The molecule has 1 aromatic heterocycles. The van der Waals surface area contributed by atoms with Crippen molar-refractivity contribution in [2.45, 2.75) is 52.0 Å². The first-order valence-corrected chi connectivity index (χ1v) is 7.40. The van der Waals surface area contributed by atoms with Gasteiger partial charge in [0.2, 0.25) is 0 Å². The van der Waals surface area contributed by atoms with Gasteiger partial charge >= 0.3 is 0 Å². The Hall–Kier alpha value is -0.780. The Morgan fingerprint density at radius 3 is 2.94 bits per heavy atom. The zero-order valence-corrected chi connectivity index (χ0v) is 11.8. The van der Waals surface area contributed by atoms with Crippen LogP contribution in [0.1, 0.15) is 44.4 Å². The second kappa shape index (κ2) is 9.27. The zero-order chi connectivity index (χ0) is 12.3. The van der Waals surface area contributed by atoms with Crippen molar-refractivity contribution in [3.63, 3.8) is 0 Å². The van der Waals surface area contributed by atoms with Crippen LogP contribution >= 0.6 is 11.3 Å². The van der Waals surface area contributed by atoms with Crippen molar-refractivity contribution in [1.82, 2.24) is 5.32 Å². The summed E-state index contributed by atoms with van der Waals surface area (Å²) < 4.78 is 0. The van der Waals surface area contributed by atoms with E-state index >= 15 is 0 Å². The van der Waals surface area contributed by atoms with Gasteiger partial charge in [-0.1, -0.05) is 13.0 Å². The summed E-state index contributed by atoms with van der Waals surface area (Å²) in [5, 5.41) is 5.72. The number of hydrogen-bond acceptors (Lipinski definition) is 2. The maximum atomic E-state index is 3.56. The van der Waals surface area contributed by atoms with E-state index in [-0.39, 0.29) is 0 Å². The van der Waals surface area contributed by atoms with Crippen LogP contribution in [0.4, 0.5) is 0 Å². The lowest BCUT2D eigenvalue weighted by Gasteiger charge is -2.16. The first-order chi connectivity index (χ1) is 8.36. The topological polar surface area (TPSA) is 12.0 Å². The van der Waals surface area contributed by atoms with E-state index in [1.165, 1.54) is 30.6 Å². The van der Waals surface area contributed by atoms with Crippen LogP contribution < -0.4 is 5.32 Å². The van der Waals surface area contributed by atoms with Crippen LogP contribution in [0.25, 0.3) is 0 Å². The quantitative estimate of drug-likeness (QED) is 0.690. The lowest BCUT2D eigenvalue weighted by atomic mass is 10.0. The van der Waals surface area contributed by atoms with E-state index in [9.17, 15) is 0 Å². The fourth-order valence-corrected chi connectivity index (χ4v) is 2.74.